The largest absolute Gasteiger partial charge is 0.441 e. The topological polar surface area (TPSA) is 38.1 Å². The number of nitrogens with one attached hydrogen (secondary N) is 1. The van der Waals surface area contributed by atoms with Crippen LogP contribution in [0.3, 0.4) is 0 Å². The number of oxazole rings is 1. The molecule has 5 heteroatoms. The number of nitrogens with zero attached hydrogens (tertiary/aromatic N) is 1. The second kappa shape index (κ2) is 6.17. The van der Waals surface area contributed by atoms with Crippen LogP contribution in [-0.2, 0) is 6.42 Å². The van der Waals surface area contributed by atoms with Crippen molar-refractivity contribution in [1.82, 2.24) is 10.3 Å². The number of benzene rings is 1. The molecule has 2 rings (SSSR count). The Hall–Kier alpha value is -1.39. The van der Waals surface area contributed by atoms with Crippen LogP contribution < -0.4 is 5.32 Å². The summed E-state index contributed by atoms with van der Waals surface area (Å²) in [5.41, 5.74) is 0.724. The molecular weight excluding hydrogens is 267 g/mol. The van der Waals surface area contributed by atoms with E-state index in [1.165, 1.54) is 12.1 Å². The third-order valence-corrected chi connectivity index (χ3v) is 2.94. The van der Waals surface area contributed by atoms with Crippen molar-refractivity contribution in [1.29, 1.82) is 0 Å². The van der Waals surface area contributed by atoms with Gasteiger partial charge < -0.3 is 9.73 Å². The summed E-state index contributed by atoms with van der Waals surface area (Å²) in [4.78, 5) is 4.20. The van der Waals surface area contributed by atoms with Gasteiger partial charge in [0.25, 0.3) is 0 Å². The molecule has 1 N–H and O–H groups in total. The molecule has 0 amide bonds. The zero-order valence-corrected chi connectivity index (χ0v) is 11.7. The number of hydrogen-bond acceptors (Lipinski definition) is 3. The highest BCUT2D eigenvalue weighted by Crippen LogP contribution is 2.25. The van der Waals surface area contributed by atoms with Crippen molar-refractivity contribution in [2.24, 2.45) is 0 Å². The van der Waals surface area contributed by atoms with Gasteiger partial charge in [-0.2, -0.15) is 0 Å². The maximum absolute atomic E-state index is 13.1. The molecule has 0 fully saturated rings. The third kappa shape index (κ3) is 3.78. The highest BCUT2D eigenvalue weighted by atomic mass is 35.5. The summed E-state index contributed by atoms with van der Waals surface area (Å²) in [6.45, 7) is 4.98. The van der Waals surface area contributed by atoms with E-state index in [1.807, 2.05) is 0 Å². The van der Waals surface area contributed by atoms with Crippen molar-refractivity contribution in [3.05, 3.63) is 41.1 Å². The first-order chi connectivity index (χ1) is 9.06. The zero-order chi connectivity index (χ0) is 13.8. The van der Waals surface area contributed by atoms with E-state index >= 15 is 0 Å². The lowest BCUT2D eigenvalue weighted by Gasteiger charge is -2.05. The fourth-order valence-electron chi connectivity index (χ4n) is 1.68. The van der Waals surface area contributed by atoms with Gasteiger partial charge in [-0.3, -0.25) is 0 Å². The summed E-state index contributed by atoms with van der Waals surface area (Å²) < 4.78 is 18.7. The molecule has 3 nitrogen and oxygen atoms in total. The molecule has 102 valence electrons. The van der Waals surface area contributed by atoms with Crippen molar-refractivity contribution in [3.8, 4) is 11.3 Å². The van der Waals surface area contributed by atoms with Crippen LogP contribution in [0.25, 0.3) is 11.3 Å². The van der Waals surface area contributed by atoms with Crippen LogP contribution in [0, 0.1) is 5.82 Å². The summed E-state index contributed by atoms with van der Waals surface area (Å²) in [5, 5.41) is 3.37. The van der Waals surface area contributed by atoms with Gasteiger partial charge in [0, 0.05) is 24.6 Å². The van der Waals surface area contributed by atoms with E-state index in [9.17, 15) is 4.39 Å². The second-order valence-electron chi connectivity index (χ2n) is 4.61. The lowest BCUT2D eigenvalue weighted by molar-refractivity contribution is 0.484. The maximum atomic E-state index is 13.1. The van der Waals surface area contributed by atoms with E-state index in [2.05, 4.69) is 24.1 Å². The van der Waals surface area contributed by atoms with Crippen LogP contribution in [0.2, 0.25) is 5.02 Å². The SMILES string of the molecule is CC(C)NCCc1ncc(-c2ccc(F)c(Cl)c2)o1. The van der Waals surface area contributed by atoms with Crippen molar-refractivity contribution < 1.29 is 8.81 Å². The average Bonchev–Trinajstić information content (AvgIpc) is 2.81. The fraction of sp³-hybridized carbons (Fsp3) is 0.357. The minimum absolute atomic E-state index is 0.0805. The Morgan fingerprint density at radius 2 is 2.21 bits per heavy atom. The maximum Gasteiger partial charge on any atom is 0.196 e. The molecule has 1 heterocycles. The monoisotopic (exact) mass is 282 g/mol. The molecule has 0 saturated carbocycles. The number of aromatic nitrogens is 1. The van der Waals surface area contributed by atoms with Gasteiger partial charge in [0.15, 0.2) is 11.7 Å². The molecule has 0 aliphatic rings. The molecule has 0 aliphatic heterocycles. The molecule has 0 radical (unpaired) electrons. The van der Waals surface area contributed by atoms with Crippen molar-refractivity contribution >= 4 is 11.6 Å². The quantitative estimate of drug-likeness (QED) is 0.909. The second-order valence-corrected chi connectivity index (χ2v) is 5.01. The zero-order valence-electron chi connectivity index (χ0n) is 10.9. The van der Waals surface area contributed by atoms with Crippen LogP contribution in [0.15, 0.2) is 28.8 Å². The van der Waals surface area contributed by atoms with E-state index in [4.69, 9.17) is 16.0 Å². The Balaban J connectivity index is 2.05. The minimum Gasteiger partial charge on any atom is -0.441 e. The lowest BCUT2D eigenvalue weighted by Crippen LogP contribution is -2.24. The highest BCUT2D eigenvalue weighted by Gasteiger charge is 2.08. The molecular formula is C14H16ClFN2O. The van der Waals surface area contributed by atoms with Gasteiger partial charge in [0.1, 0.15) is 5.82 Å². The van der Waals surface area contributed by atoms with E-state index < -0.39 is 5.82 Å². The van der Waals surface area contributed by atoms with Gasteiger partial charge in [-0.15, -0.1) is 0 Å². The van der Waals surface area contributed by atoms with Gasteiger partial charge in [0.2, 0.25) is 0 Å². The lowest BCUT2D eigenvalue weighted by atomic mass is 10.2. The molecule has 2 aromatic rings. The predicted molar refractivity (Wildman–Crippen MR) is 73.7 cm³/mol. The van der Waals surface area contributed by atoms with Gasteiger partial charge in [-0.25, -0.2) is 9.37 Å². The van der Waals surface area contributed by atoms with Crippen molar-refractivity contribution in [2.45, 2.75) is 26.3 Å². The summed E-state index contributed by atoms with van der Waals surface area (Å²) in [6.07, 6.45) is 2.35. The molecule has 0 saturated heterocycles. The van der Waals surface area contributed by atoms with Crippen LogP contribution in [0.4, 0.5) is 4.39 Å². The van der Waals surface area contributed by atoms with Crippen LogP contribution in [0.5, 0.6) is 0 Å². The first-order valence-electron chi connectivity index (χ1n) is 6.20. The molecule has 1 aromatic heterocycles. The Kier molecular flexibility index (Phi) is 4.56. The van der Waals surface area contributed by atoms with Crippen LogP contribution in [0.1, 0.15) is 19.7 Å². The average molecular weight is 283 g/mol. The van der Waals surface area contributed by atoms with Crippen molar-refractivity contribution in [2.75, 3.05) is 6.54 Å². The van der Waals surface area contributed by atoms with Crippen LogP contribution >= 0.6 is 11.6 Å². The first-order valence-corrected chi connectivity index (χ1v) is 6.57. The normalized spacial score (nSPS) is 11.2. The molecule has 19 heavy (non-hydrogen) atoms. The summed E-state index contributed by atoms with van der Waals surface area (Å²) in [7, 11) is 0. The molecule has 0 unspecified atom stereocenters. The molecule has 0 spiro atoms. The molecule has 0 aliphatic carbocycles. The Morgan fingerprint density at radius 1 is 1.42 bits per heavy atom. The van der Waals surface area contributed by atoms with E-state index in [-0.39, 0.29) is 5.02 Å². The van der Waals surface area contributed by atoms with Crippen molar-refractivity contribution in [3.63, 3.8) is 0 Å². The number of hydrogen-bond donors (Lipinski definition) is 1. The first kappa shape index (κ1) is 14.0. The Morgan fingerprint density at radius 3 is 2.89 bits per heavy atom. The van der Waals surface area contributed by atoms with E-state index in [1.54, 1.807) is 12.3 Å². The Labute approximate surface area is 116 Å². The van der Waals surface area contributed by atoms with Crippen LogP contribution in [-0.4, -0.2) is 17.6 Å². The van der Waals surface area contributed by atoms with Gasteiger partial charge >= 0.3 is 0 Å². The third-order valence-electron chi connectivity index (χ3n) is 2.65. The summed E-state index contributed by atoms with van der Waals surface area (Å²) >= 11 is 5.74. The predicted octanol–water partition coefficient (Wildman–Crippen LogP) is 3.67. The number of halogens is 2. The van der Waals surface area contributed by atoms with Gasteiger partial charge in [-0.1, -0.05) is 25.4 Å². The van der Waals surface area contributed by atoms with E-state index in [0.29, 0.717) is 24.1 Å². The Bertz CT molecular complexity index is 554. The molecule has 0 bridgehead atoms. The van der Waals surface area contributed by atoms with Gasteiger partial charge in [-0.05, 0) is 18.2 Å². The fourth-order valence-corrected chi connectivity index (χ4v) is 1.86. The van der Waals surface area contributed by atoms with E-state index in [0.717, 1.165) is 12.1 Å². The summed E-state index contributed by atoms with van der Waals surface area (Å²) in [6, 6.07) is 4.91. The smallest absolute Gasteiger partial charge is 0.196 e. The molecule has 0 atom stereocenters. The van der Waals surface area contributed by atoms with Gasteiger partial charge in [0.05, 0.1) is 11.2 Å². The minimum atomic E-state index is -0.439. The highest BCUT2D eigenvalue weighted by molar-refractivity contribution is 6.31. The molecule has 1 aromatic carbocycles. The number of rotatable bonds is 5. The summed E-state index contributed by atoms with van der Waals surface area (Å²) in [5.74, 6) is 0.816. The standard InChI is InChI=1S/C14H16ClFN2O/c1-9(2)17-6-5-14-18-8-13(19-14)10-3-4-12(16)11(15)7-10/h3-4,7-9,17H,5-6H2,1-2H3.